The van der Waals surface area contributed by atoms with Crippen molar-refractivity contribution < 1.29 is 9.90 Å². The number of aromatic amines is 1. The van der Waals surface area contributed by atoms with E-state index < -0.39 is 0 Å². The Hall–Kier alpha value is -1.56. The Morgan fingerprint density at radius 3 is 2.75 bits per heavy atom. The number of carbonyl (C=O) groups is 1. The highest BCUT2D eigenvalue weighted by Crippen LogP contribution is 2.17. The minimum Gasteiger partial charge on any atom is -0.394 e. The normalized spacial score (nSPS) is 19.4. The van der Waals surface area contributed by atoms with Crippen LogP contribution < -0.4 is 5.69 Å². The second-order valence-corrected chi connectivity index (χ2v) is 5.46. The summed E-state index contributed by atoms with van der Waals surface area (Å²) in [6, 6.07) is -0.0537. The third-order valence-electron chi connectivity index (χ3n) is 4.19. The summed E-state index contributed by atoms with van der Waals surface area (Å²) in [5, 5.41) is 9.33. The lowest BCUT2D eigenvalue weighted by Crippen LogP contribution is -2.46. The van der Waals surface area contributed by atoms with E-state index in [1.165, 1.54) is 0 Å². The van der Waals surface area contributed by atoms with Gasteiger partial charge in [0.05, 0.1) is 12.6 Å². The molecule has 0 aromatic carbocycles. The molecule has 0 saturated carbocycles. The number of aliphatic hydroxyl groups excluding tert-OH is 1. The van der Waals surface area contributed by atoms with Crippen molar-refractivity contribution in [3.05, 3.63) is 21.9 Å². The molecule has 1 aromatic heterocycles. The van der Waals surface area contributed by atoms with Crippen molar-refractivity contribution in [2.45, 2.75) is 52.1 Å². The number of nitrogens with zero attached hydrogens (tertiary/aromatic N) is 2. The number of rotatable bonds is 4. The van der Waals surface area contributed by atoms with E-state index in [0.717, 1.165) is 30.7 Å². The first-order valence-corrected chi connectivity index (χ1v) is 7.21. The number of likely N-dealkylation sites (tertiary alicyclic amines) is 1. The fourth-order valence-electron chi connectivity index (χ4n) is 2.81. The predicted octanol–water partition coefficient (Wildman–Crippen LogP) is 0.557. The largest absolute Gasteiger partial charge is 0.394 e. The summed E-state index contributed by atoms with van der Waals surface area (Å²) in [6.07, 6.45) is 3.22. The minimum absolute atomic E-state index is 0.0218. The Balaban J connectivity index is 1.99. The van der Waals surface area contributed by atoms with Gasteiger partial charge in [0.15, 0.2) is 0 Å². The molecular formula is C14H23N3O3. The van der Waals surface area contributed by atoms with Gasteiger partial charge in [-0.25, -0.2) is 4.79 Å². The number of nitrogens with one attached hydrogen (secondary N) is 1. The van der Waals surface area contributed by atoms with Gasteiger partial charge in [0.1, 0.15) is 0 Å². The van der Waals surface area contributed by atoms with Crippen LogP contribution in [-0.4, -0.2) is 44.7 Å². The van der Waals surface area contributed by atoms with E-state index in [4.69, 9.17) is 0 Å². The van der Waals surface area contributed by atoms with Crippen molar-refractivity contribution in [1.29, 1.82) is 0 Å². The van der Waals surface area contributed by atoms with Gasteiger partial charge in [-0.1, -0.05) is 0 Å². The van der Waals surface area contributed by atoms with E-state index in [-0.39, 0.29) is 24.2 Å². The Morgan fingerprint density at radius 2 is 2.15 bits per heavy atom. The van der Waals surface area contributed by atoms with E-state index in [9.17, 15) is 14.7 Å². The third-order valence-corrected chi connectivity index (χ3v) is 4.19. The lowest BCUT2D eigenvalue weighted by atomic mass is 10.0. The zero-order valence-corrected chi connectivity index (χ0v) is 12.2. The number of amides is 1. The predicted molar refractivity (Wildman–Crippen MR) is 75.6 cm³/mol. The first kappa shape index (κ1) is 14.8. The average Bonchev–Trinajstić information content (AvgIpc) is 2.70. The van der Waals surface area contributed by atoms with Gasteiger partial charge >= 0.3 is 5.69 Å². The number of carbonyl (C=O) groups excluding carboxylic acids is 1. The van der Waals surface area contributed by atoms with E-state index in [0.29, 0.717) is 19.5 Å². The Kier molecular flexibility index (Phi) is 4.65. The Bertz CT molecular complexity index is 532. The number of H-pyrrole nitrogens is 1. The number of piperidine rings is 1. The van der Waals surface area contributed by atoms with Gasteiger partial charge in [0, 0.05) is 30.9 Å². The number of imidazole rings is 1. The van der Waals surface area contributed by atoms with Gasteiger partial charge in [0.25, 0.3) is 0 Å². The van der Waals surface area contributed by atoms with Gasteiger partial charge in [-0.05, 0) is 33.1 Å². The smallest absolute Gasteiger partial charge is 0.325 e. The summed E-state index contributed by atoms with van der Waals surface area (Å²) < 4.78 is 1.60. The highest BCUT2D eigenvalue weighted by atomic mass is 16.3. The molecule has 1 saturated heterocycles. The maximum absolute atomic E-state index is 12.3. The molecule has 1 aromatic rings. The molecule has 6 nitrogen and oxygen atoms in total. The number of aryl methyl sites for hydroxylation is 1. The topological polar surface area (TPSA) is 78.3 Å². The van der Waals surface area contributed by atoms with Crippen molar-refractivity contribution in [2.24, 2.45) is 0 Å². The Labute approximate surface area is 118 Å². The first-order chi connectivity index (χ1) is 9.54. The van der Waals surface area contributed by atoms with Crippen LogP contribution in [0, 0.1) is 13.8 Å². The number of hydrogen-bond donors (Lipinski definition) is 2. The molecule has 2 heterocycles. The van der Waals surface area contributed by atoms with Crippen molar-refractivity contribution in [3.8, 4) is 0 Å². The molecule has 1 atom stereocenters. The first-order valence-electron chi connectivity index (χ1n) is 7.21. The fourth-order valence-corrected chi connectivity index (χ4v) is 2.81. The number of aliphatic hydroxyl groups is 1. The SMILES string of the molecule is Cc1[nH]c(=O)n(CCC(=O)N2CCCCC2CO)c1C. The lowest BCUT2D eigenvalue weighted by Gasteiger charge is -2.34. The summed E-state index contributed by atoms with van der Waals surface area (Å²) in [7, 11) is 0. The van der Waals surface area contributed by atoms with Crippen LogP contribution in [0.15, 0.2) is 4.79 Å². The van der Waals surface area contributed by atoms with Crippen LogP contribution in [0.1, 0.15) is 37.1 Å². The van der Waals surface area contributed by atoms with Gasteiger partial charge in [-0.2, -0.15) is 0 Å². The minimum atomic E-state index is -0.162. The number of aromatic nitrogens is 2. The molecule has 2 N–H and O–H groups in total. The van der Waals surface area contributed by atoms with Gasteiger partial charge in [-0.3, -0.25) is 9.36 Å². The zero-order valence-electron chi connectivity index (χ0n) is 12.2. The molecule has 1 aliphatic rings. The van der Waals surface area contributed by atoms with E-state index in [1.807, 2.05) is 13.8 Å². The van der Waals surface area contributed by atoms with Crippen LogP contribution in [-0.2, 0) is 11.3 Å². The summed E-state index contributed by atoms with van der Waals surface area (Å²) in [5.74, 6) is 0.0221. The highest BCUT2D eigenvalue weighted by Gasteiger charge is 2.25. The second kappa shape index (κ2) is 6.26. The van der Waals surface area contributed by atoms with Crippen LogP contribution in [0.5, 0.6) is 0 Å². The molecule has 0 radical (unpaired) electrons. The quantitative estimate of drug-likeness (QED) is 0.846. The summed E-state index contributed by atoms with van der Waals surface area (Å²) in [6.45, 7) is 4.84. The van der Waals surface area contributed by atoms with E-state index in [1.54, 1.807) is 9.47 Å². The van der Waals surface area contributed by atoms with Crippen LogP contribution >= 0.6 is 0 Å². The Morgan fingerprint density at radius 1 is 1.40 bits per heavy atom. The molecule has 6 heteroatoms. The molecule has 1 unspecified atom stereocenters. The second-order valence-electron chi connectivity index (χ2n) is 5.46. The van der Waals surface area contributed by atoms with Crippen molar-refractivity contribution in [3.63, 3.8) is 0 Å². The maximum Gasteiger partial charge on any atom is 0.325 e. The van der Waals surface area contributed by atoms with Crippen molar-refractivity contribution in [1.82, 2.24) is 14.5 Å². The van der Waals surface area contributed by atoms with E-state index in [2.05, 4.69) is 4.98 Å². The third kappa shape index (κ3) is 2.95. The molecular weight excluding hydrogens is 258 g/mol. The lowest BCUT2D eigenvalue weighted by molar-refractivity contribution is -0.136. The standard InChI is InChI=1S/C14H23N3O3/c1-10-11(2)16(14(20)15-10)8-6-13(19)17-7-4-3-5-12(17)9-18/h12,18H,3-9H2,1-2H3,(H,15,20). The van der Waals surface area contributed by atoms with Crippen molar-refractivity contribution in [2.75, 3.05) is 13.2 Å². The van der Waals surface area contributed by atoms with Crippen LogP contribution in [0.3, 0.4) is 0 Å². The van der Waals surface area contributed by atoms with Crippen LogP contribution in [0.4, 0.5) is 0 Å². The molecule has 20 heavy (non-hydrogen) atoms. The molecule has 1 amide bonds. The summed E-state index contributed by atoms with van der Waals surface area (Å²) in [4.78, 5) is 28.5. The molecule has 1 aliphatic heterocycles. The maximum atomic E-state index is 12.3. The molecule has 0 spiro atoms. The number of hydrogen-bond acceptors (Lipinski definition) is 3. The van der Waals surface area contributed by atoms with Crippen LogP contribution in [0.25, 0.3) is 0 Å². The monoisotopic (exact) mass is 281 g/mol. The molecule has 1 fully saturated rings. The van der Waals surface area contributed by atoms with Crippen LogP contribution in [0.2, 0.25) is 0 Å². The van der Waals surface area contributed by atoms with Gasteiger partial charge in [-0.15, -0.1) is 0 Å². The summed E-state index contributed by atoms with van der Waals surface area (Å²) >= 11 is 0. The van der Waals surface area contributed by atoms with Gasteiger partial charge < -0.3 is 15.0 Å². The molecule has 112 valence electrons. The summed E-state index contributed by atoms with van der Waals surface area (Å²) in [5.41, 5.74) is 1.55. The van der Waals surface area contributed by atoms with Crippen molar-refractivity contribution >= 4 is 5.91 Å². The van der Waals surface area contributed by atoms with E-state index >= 15 is 0 Å². The fraction of sp³-hybridized carbons (Fsp3) is 0.714. The average molecular weight is 281 g/mol. The highest BCUT2D eigenvalue weighted by molar-refractivity contribution is 5.76. The molecule has 0 bridgehead atoms. The molecule has 0 aliphatic carbocycles. The van der Waals surface area contributed by atoms with Gasteiger partial charge in [0.2, 0.25) is 5.91 Å². The molecule has 2 rings (SSSR count). The zero-order chi connectivity index (χ0) is 14.7.